The molecule has 1 aliphatic rings. The van der Waals surface area contributed by atoms with Crippen LogP contribution in [0.15, 0.2) is 54.6 Å². The number of Topliss-reactive ketones (excluding diaryl/α,β-unsaturated/α-hetero) is 1. The maximum atomic E-state index is 12.4. The van der Waals surface area contributed by atoms with Crippen LogP contribution in [0, 0.1) is 5.92 Å². The molecule has 0 aromatic heterocycles. The summed E-state index contributed by atoms with van der Waals surface area (Å²) in [5, 5.41) is 0. The molecule has 3 rings (SSSR count). The molecule has 1 heterocycles. The number of amides is 1. The van der Waals surface area contributed by atoms with E-state index in [1.54, 1.807) is 17.0 Å². The monoisotopic (exact) mass is 379 g/mol. The highest BCUT2D eigenvalue weighted by molar-refractivity contribution is 5.98. The van der Waals surface area contributed by atoms with Gasteiger partial charge in [-0.3, -0.25) is 14.4 Å². The van der Waals surface area contributed by atoms with E-state index in [0.717, 1.165) is 17.5 Å². The zero-order valence-electron chi connectivity index (χ0n) is 16.3. The summed E-state index contributed by atoms with van der Waals surface area (Å²) in [6.45, 7) is 4.00. The summed E-state index contributed by atoms with van der Waals surface area (Å²) in [6.07, 6.45) is 1.02. The fourth-order valence-electron chi connectivity index (χ4n) is 3.44. The van der Waals surface area contributed by atoms with Gasteiger partial charge in [-0.1, -0.05) is 61.5 Å². The number of likely N-dealkylation sites (tertiary alicyclic amines) is 1. The van der Waals surface area contributed by atoms with Gasteiger partial charge in [-0.2, -0.15) is 0 Å². The van der Waals surface area contributed by atoms with Crippen molar-refractivity contribution in [2.75, 3.05) is 13.2 Å². The van der Waals surface area contributed by atoms with Crippen LogP contribution in [0.4, 0.5) is 0 Å². The first-order valence-electron chi connectivity index (χ1n) is 9.62. The smallest absolute Gasteiger partial charge is 0.311 e. The van der Waals surface area contributed by atoms with E-state index in [4.69, 9.17) is 4.74 Å². The first-order chi connectivity index (χ1) is 13.5. The summed E-state index contributed by atoms with van der Waals surface area (Å²) in [5.41, 5.74) is 2.69. The Kier molecular flexibility index (Phi) is 6.24. The van der Waals surface area contributed by atoms with E-state index in [0.29, 0.717) is 12.1 Å². The Morgan fingerprint density at radius 3 is 2.43 bits per heavy atom. The highest BCUT2D eigenvalue weighted by Gasteiger charge is 2.38. The molecule has 2 atom stereocenters. The number of hydrogen-bond donors (Lipinski definition) is 0. The fourth-order valence-corrected chi connectivity index (χ4v) is 3.44. The van der Waals surface area contributed by atoms with Crippen LogP contribution in [0.3, 0.4) is 0 Å². The van der Waals surface area contributed by atoms with Crippen molar-refractivity contribution < 1.29 is 19.1 Å². The molecule has 0 unspecified atom stereocenters. The molecule has 5 heteroatoms. The van der Waals surface area contributed by atoms with Crippen molar-refractivity contribution in [3.05, 3.63) is 71.3 Å². The normalized spacial score (nSPS) is 17.4. The molecule has 1 amide bonds. The lowest BCUT2D eigenvalue weighted by Crippen LogP contribution is -2.30. The molecule has 0 N–H and O–H groups in total. The molecule has 2 aromatic carbocycles. The van der Waals surface area contributed by atoms with E-state index in [-0.39, 0.29) is 30.8 Å². The second-order valence-electron chi connectivity index (χ2n) is 7.12. The lowest BCUT2D eigenvalue weighted by molar-refractivity contribution is -0.147. The summed E-state index contributed by atoms with van der Waals surface area (Å²) in [5.74, 6) is -1.34. The van der Waals surface area contributed by atoms with Gasteiger partial charge in [-0.15, -0.1) is 0 Å². The number of rotatable bonds is 7. The first kappa shape index (κ1) is 19.8. The average molecular weight is 379 g/mol. The molecule has 2 aromatic rings. The van der Waals surface area contributed by atoms with E-state index >= 15 is 0 Å². The van der Waals surface area contributed by atoms with Crippen LogP contribution in [0.1, 0.15) is 47.8 Å². The Labute approximate surface area is 165 Å². The van der Waals surface area contributed by atoms with Crippen LogP contribution in [-0.4, -0.2) is 35.7 Å². The van der Waals surface area contributed by atoms with E-state index in [2.05, 4.69) is 0 Å². The molecular formula is C23H25NO4. The quantitative estimate of drug-likeness (QED) is 0.545. The van der Waals surface area contributed by atoms with Crippen molar-refractivity contribution in [2.24, 2.45) is 5.92 Å². The molecule has 0 radical (unpaired) electrons. The molecule has 146 valence electrons. The molecule has 0 bridgehead atoms. The van der Waals surface area contributed by atoms with Crippen LogP contribution >= 0.6 is 0 Å². The molecule has 1 saturated heterocycles. The molecule has 0 spiro atoms. The number of carbonyl (C=O) groups excluding carboxylic acids is 3. The van der Waals surface area contributed by atoms with Gasteiger partial charge in [0.1, 0.15) is 0 Å². The van der Waals surface area contributed by atoms with Gasteiger partial charge in [0.05, 0.1) is 12.0 Å². The molecule has 5 nitrogen and oxygen atoms in total. The maximum absolute atomic E-state index is 12.4. The van der Waals surface area contributed by atoms with Crippen LogP contribution in [0.25, 0.3) is 0 Å². The third kappa shape index (κ3) is 4.47. The molecule has 0 saturated carbocycles. The van der Waals surface area contributed by atoms with Crippen molar-refractivity contribution >= 4 is 17.7 Å². The van der Waals surface area contributed by atoms with Gasteiger partial charge in [-0.25, -0.2) is 0 Å². The second-order valence-corrected chi connectivity index (χ2v) is 7.12. The number of ether oxygens (including phenoxy) is 1. The number of esters is 1. The van der Waals surface area contributed by atoms with E-state index < -0.39 is 11.9 Å². The van der Waals surface area contributed by atoms with E-state index in [1.165, 1.54) is 0 Å². The average Bonchev–Trinajstić information content (AvgIpc) is 3.13. The number of benzene rings is 2. The summed E-state index contributed by atoms with van der Waals surface area (Å²) >= 11 is 0. The Morgan fingerprint density at radius 1 is 1.11 bits per heavy atom. The molecule has 28 heavy (non-hydrogen) atoms. The molecule has 1 fully saturated rings. The number of aryl methyl sites for hydroxylation is 1. The Morgan fingerprint density at radius 2 is 1.79 bits per heavy atom. The van der Waals surface area contributed by atoms with Crippen LogP contribution < -0.4 is 0 Å². The number of carbonyl (C=O) groups is 3. The van der Waals surface area contributed by atoms with Crippen LogP contribution in [0.5, 0.6) is 0 Å². The SMILES string of the molecule is CCc1ccc(C(=O)COC(=O)[C@H]2CC(=O)N([C@@H](C)c3ccccc3)C2)cc1. The number of ketones is 1. The zero-order chi connectivity index (χ0) is 20.1. The number of nitrogens with zero attached hydrogens (tertiary/aromatic N) is 1. The van der Waals surface area contributed by atoms with Crippen molar-refractivity contribution in [3.63, 3.8) is 0 Å². The van der Waals surface area contributed by atoms with Gasteiger partial charge in [0.25, 0.3) is 0 Å². The largest absolute Gasteiger partial charge is 0.457 e. The van der Waals surface area contributed by atoms with E-state index in [9.17, 15) is 14.4 Å². The third-order valence-electron chi connectivity index (χ3n) is 5.27. The Balaban J connectivity index is 1.55. The highest BCUT2D eigenvalue weighted by atomic mass is 16.5. The summed E-state index contributed by atoms with van der Waals surface area (Å²) in [7, 11) is 0. The standard InChI is InChI=1S/C23H25NO4/c1-3-17-9-11-19(12-10-17)21(25)15-28-23(27)20-13-22(26)24(14-20)16(2)18-7-5-4-6-8-18/h4-12,16,20H,3,13-15H2,1-2H3/t16-,20-/m0/s1. The minimum atomic E-state index is -0.533. The van der Waals surface area contributed by atoms with Crippen LogP contribution in [-0.2, 0) is 20.7 Å². The minimum Gasteiger partial charge on any atom is -0.457 e. The first-order valence-corrected chi connectivity index (χ1v) is 9.62. The number of hydrogen-bond acceptors (Lipinski definition) is 4. The van der Waals surface area contributed by atoms with Gasteiger partial charge in [0.2, 0.25) is 5.91 Å². The van der Waals surface area contributed by atoms with Gasteiger partial charge in [-0.05, 0) is 24.5 Å². The zero-order valence-corrected chi connectivity index (χ0v) is 16.3. The van der Waals surface area contributed by atoms with Crippen molar-refractivity contribution in [1.82, 2.24) is 4.90 Å². The van der Waals surface area contributed by atoms with Crippen molar-refractivity contribution in [3.8, 4) is 0 Å². The van der Waals surface area contributed by atoms with Gasteiger partial charge >= 0.3 is 5.97 Å². The topological polar surface area (TPSA) is 63.7 Å². The lowest BCUT2D eigenvalue weighted by atomic mass is 10.1. The molecule has 1 aliphatic heterocycles. The maximum Gasteiger partial charge on any atom is 0.311 e. The van der Waals surface area contributed by atoms with Gasteiger partial charge < -0.3 is 9.64 Å². The molecule has 0 aliphatic carbocycles. The van der Waals surface area contributed by atoms with Crippen molar-refractivity contribution in [2.45, 2.75) is 32.7 Å². The predicted octanol–water partition coefficient (Wildman–Crippen LogP) is 3.58. The third-order valence-corrected chi connectivity index (χ3v) is 5.27. The second kappa shape index (κ2) is 8.83. The summed E-state index contributed by atoms with van der Waals surface area (Å²) in [6, 6.07) is 16.9. The Hall–Kier alpha value is -2.95. The highest BCUT2D eigenvalue weighted by Crippen LogP contribution is 2.29. The van der Waals surface area contributed by atoms with Crippen molar-refractivity contribution in [1.29, 1.82) is 0 Å². The Bertz CT molecular complexity index is 845. The van der Waals surface area contributed by atoms with E-state index in [1.807, 2.05) is 56.3 Å². The van der Waals surface area contributed by atoms with Gasteiger partial charge in [0.15, 0.2) is 12.4 Å². The van der Waals surface area contributed by atoms with Gasteiger partial charge in [0, 0.05) is 18.5 Å². The minimum absolute atomic E-state index is 0.0696. The lowest BCUT2D eigenvalue weighted by Gasteiger charge is -2.25. The fraction of sp³-hybridized carbons (Fsp3) is 0.348. The predicted molar refractivity (Wildman–Crippen MR) is 106 cm³/mol. The summed E-state index contributed by atoms with van der Waals surface area (Å²) < 4.78 is 5.21. The summed E-state index contributed by atoms with van der Waals surface area (Å²) in [4.78, 5) is 38.7. The molecular weight excluding hydrogens is 354 g/mol. The van der Waals surface area contributed by atoms with Crippen LogP contribution in [0.2, 0.25) is 0 Å².